The van der Waals surface area contributed by atoms with Crippen molar-refractivity contribution >= 4 is 11.7 Å². The maximum atomic E-state index is 13.1. The first kappa shape index (κ1) is 20.2. The lowest BCUT2D eigenvalue weighted by molar-refractivity contribution is 0.216. The largest absolute Gasteiger partial charge is 0.473 e. The third-order valence-electron chi connectivity index (χ3n) is 4.25. The number of carbonyl (C=O) groups is 1. The van der Waals surface area contributed by atoms with Crippen LogP contribution in [0.3, 0.4) is 0 Å². The van der Waals surface area contributed by atoms with Crippen LogP contribution in [0, 0.1) is 12.7 Å². The molecule has 4 N–H and O–H groups in total. The van der Waals surface area contributed by atoms with Gasteiger partial charge in [-0.15, -0.1) is 0 Å². The van der Waals surface area contributed by atoms with Crippen molar-refractivity contribution in [3.05, 3.63) is 71.7 Å². The molecule has 1 heterocycles. The lowest BCUT2D eigenvalue weighted by Gasteiger charge is -2.24. The summed E-state index contributed by atoms with van der Waals surface area (Å²) in [5.74, 6) is 11.8. The molecule has 0 fully saturated rings. The number of hydrogen-bond acceptors (Lipinski definition) is 6. The van der Waals surface area contributed by atoms with Gasteiger partial charge in [-0.2, -0.15) is 4.98 Å². The zero-order valence-corrected chi connectivity index (χ0v) is 16.0. The number of anilines is 1. The molecule has 150 valence electrons. The number of ether oxygens (including phenoxy) is 1. The second-order valence-electron chi connectivity index (χ2n) is 6.35. The summed E-state index contributed by atoms with van der Waals surface area (Å²) in [7, 11) is 1.41. The molecule has 0 bridgehead atoms. The Hall–Kier alpha value is -3.56. The number of halogens is 1. The Balaban J connectivity index is 1.83. The minimum atomic E-state index is -0.572. The van der Waals surface area contributed by atoms with Gasteiger partial charge in [-0.3, -0.25) is 5.01 Å². The molecule has 8 nitrogen and oxygen atoms in total. The third-order valence-corrected chi connectivity index (χ3v) is 4.25. The fourth-order valence-electron chi connectivity index (χ4n) is 2.68. The fourth-order valence-corrected chi connectivity index (χ4v) is 2.68. The van der Waals surface area contributed by atoms with E-state index in [-0.39, 0.29) is 12.4 Å². The number of urea groups is 1. The van der Waals surface area contributed by atoms with Crippen molar-refractivity contribution in [2.45, 2.75) is 13.5 Å². The lowest BCUT2D eigenvalue weighted by atomic mass is 10.1. The Bertz CT molecular complexity index is 1010. The SMILES string of the molecule is Cc1cccc(N(N)C(=O)N(C)N)c1COc1ccnc(-c2ccc(F)cc2)n1. The van der Waals surface area contributed by atoms with Crippen LogP contribution < -0.4 is 21.4 Å². The van der Waals surface area contributed by atoms with Crippen molar-refractivity contribution in [2.24, 2.45) is 11.7 Å². The van der Waals surface area contributed by atoms with Gasteiger partial charge < -0.3 is 4.74 Å². The Labute approximate surface area is 167 Å². The van der Waals surface area contributed by atoms with E-state index >= 15 is 0 Å². The van der Waals surface area contributed by atoms with Crippen LogP contribution in [-0.4, -0.2) is 28.1 Å². The average Bonchev–Trinajstić information content (AvgIpc) is 2.72. The molecule has 2 aromatic carbocycles. The first-order valence-corrected chi connectivity index (χ1v) is 8.74. The van der Waals surface area contributed by atoms with E-state index in [2.05, 4.69) is 9.97 Å². The number of carbonyl (C=O) groups excluding carboxylic acids is 1. The molecule has 0 spiro atoms. The van der Waals surface area contributed by atoms with E-state index in [1.165, 1.54) is 19.2 Å². The van der Waals surface area contributed by atoms with Crippen molar-refractivity contribution in [3.8, 4) is 17.3 Å². The monoisotopic (exact) mass is 396 g/mol. The Morgan fingerprint density at radius 2 is 1.86 bits per heavy atom. The van der Waals surface area contributed by atoms with Crippen molar-refractivity contribution in [3.63, 3.8) is 0 Å². The molecule has 0 atom stereocenters. The zero-order chi connectivity index (χ0) is 21.0. The van der Waals surface area contributed by atoms with Crippen LogP contribution in [0.15, 0.2) is 54.7 Å². The van der Waals surface area contributed by atoms with E-state index < -0.39 is 6.03 Å². The summed E-state index contributed by atoms with van der Waals surface area (Å²) in [6.07, 6.45) is 1.56. The van der Waals surface area contributed by atoms with Crippen molar-refractivity contribution in [1.82, 2.24) is 15.0 Å². The minimum Gasteiger partial charge on any atom is -0.473 e. The minimum absolute atomic E-state index is 0.122. The van der Waals surface area contributed by atoms with Crippen LogP contribution in [0.1, 0.15) is 11.1 Å². The molecule has 0 saturated heterocycles. The second-order valence-corrected chi connectivity index (χ2v) is 6.35. The van der Waals surface area contributed by atoms with Crippen LogP contribution in [-0.2, 0) is 6.61 Å². The topological polar surface area (TPSA) is 111 Å². The summed E-state index contributed by atoms with van der Waals surface area (Å²) in [6, 6.07) is 12.3. The van der Waals surface area contributed by atoms with Gasteiger partial charge in [-0.25, -0.2) is 30.9 Å². The van der Waals surface area contributed by atoms with Crippen LogP contribution in [0.2, 0.25) is 0 Å². The number of hydrogen-bond donors (Lipinski definition) is 2. The first-order valence-electron chi connectivity index (χ1n) is 8.74. The van der Waals surface area contributed by atoms with Gasteiger partial charge >= 0.3 is 6.03 Å². The molecule has 0 unspecified atom stereocenters. The van der Waals surface area contributed by atoms with Crippen molar-refractivity contribution in [2.75, 3.05) is 12.1 Å². The van der Waals surface area contributed by atoms with Gasteiger partial charge in [-0.1, -0.05) is 12.1 Å². The number of nitrogens with two attached hydrogens (primary N) is 2. The fraction of sp³-hybridized carbons (Fsp3) is 0.150. The Morgan fingerprint density at radius 3 is 2.55 bits per heavy atom. The molecule has 2 amide bonds. The van der Waals surface area contributed by atoms with Gasteiger partial charge in [0.25, 0.3) is 0 Å². The Morgan fingerprint density at radius 1 is 1.14 bits per heavy atom. The van der Waals surface area contributed by atoms with Gasteiger partial charge in [0.05, 0.1) is 5.69 Å². The molecule has 3 rings (SSSR count). The van der Waals surface area contributed by atoms with Crippen LogP contribution >= 0.6 is 0 Å². The molecular weight excluding hydrogens is 375 g/mol. The smallest absolute Gasteiger partial charge is 0.352 e. The lowest BCUT2D eigenvalue weighted by Crippen LogP contribution is -2.49. The molecule has 0 aliphatic heterocycles. The molecule has 3 aromatic rings. The van der Waals surface area contributed by atoms with Crippen LogP contribution in [0.5, 0.6) is 5.88 Å². The third kappa shape index (κ3) is 4.65. The summed E-state index contributed by atoms with van der Waals surface area (Å²) in [6.45, 7) is 2.01. The van der Waals surface area contributed by atoms with E-state index in [9.17, 15) is 9.18 Å². The van der Waals surface area contributed by atoms with Crippen LogP contribution in [0.25, 0.3) is 11.4 Å². The number of aromatic nitrogens is 2. The quantitative estimate of drug-likeness (QED) is 0.390. The predicted molar refractivity (Wildman–Crippen MR) is 107 cm³/mol. The van der Waals surface area contributed by atoms with Crippen molar-refractivity contribution in [1.29, 1.82) is 0 Å². The van der Waals surface area contributed by atoms with E-state index in [0.717, 1.165) is 15.6 Å². The second kappa shape index (κ2) is 8.63. The van der Waals surface area contributed by atoms with E-state index in [4.69, 9.17) is 16.4 Å². The highest BCUT2D eigenvalue weighted by molar-refractivity contribution is 5.91. The van der Waals surface area contributed by atoms with Gasteiger partial charge in [0.2, 0.25) is 5.88 Å². The zero-order valence-electron chi connectivity index (χ0n) is 16.0. The molecule has 0 radical (unpaired) electrons. The van der Waals surface area contributed by atoms with E-state index in [1.54, 1.807) is 36.5 Å². The van der Waals surface area contributed by atoms with E-state index in [0.29, 0.717) is 28.5 Å². The predicted octanol–water partition coefficient (Wildman–Crippen LogP) is 2.78. The highest BCUT2D eigenvalue weighted by Crippen LogP contribution is 2.25. The highest BCUT2D eigenvalue weighted by Gasteiger charge is 2.19. The molecule has 1 aromatic heterocycles. The maximum absolute atomic E-state index is 13.1. The van der Waals surface area contributed by atoms with Crippen molar-refractivity contribution < 1.29 is 13.9 Å². The molecule has 0 aliphatic carbocycles. The summed E-state index contributed by atoms with van der Waals surface area (Å²) in [5, 5.41) is 1.86. The maximum Gasteiger partial charge on any atom is 0.352 e. The molecular formula is C20H21FN6O2. The first-order chi connectivity index (χ1) is 13.9. The summed E-state index contributed by atoms with van der Waals surface area (Å²) < 4.78 is 18.9. The average molecular weight is 396 g/mol. The molecule has 0 saturated carbocycles. The number of benzene rings is 2. The van der Waals surface area contributed by atoms with Gasteiger partial charge in [0.15, 0.2) is 5.82 Å². The molecule has 0 aliphatic rings. The normalized spacial score (nSPS) is 10.5. The van der Waals surface area contributed by atoms with Crippen LogP contribution in [0.4, 0.5) is 14.9 Å². The Kier molecular flexibility index (Phi) is 6.01. The number of hydrazine groups is 2. The number of nitrogens with zero attached hydrogens (tertiary/aromatic N) is 4. The molecule has 9 heteroatoms. The van der Waals surface area contributed by atoms with Gasteiger partial charge in [-0.05, 0) is 42.8 Å². The highest BCUT2D eigenvalue weighted by atomic mass is 19.1. The summed E-state index contributed by atoms with van der Waals surface area (Å²) >= 11 is 0. The summed E-state index contributed by atoms with van der Waals surface area (Å²) in [4.78, 5) is 20.7. The number of amides is 2. The molecule has 29 heavy (non-hydrogen) atoms. The number of rotatable bonds is 5. The standard InChI is InChI=1S/C20H21FN6O2/c1-13-4-3-5-17(27(23)20(28)26(2)22)16(13)12-29-18-10-11-24-19(25-18)14-6-8-15(21)9-7-14/h3-11H,12,22-23H2,1-2H3. The van der Waals surface area contributed by atoms with E-state index in [1.807, 2.05) is 13.0 Å². The van der Waals surface area contributed by atoms with Gasteiger partial charge in [0.1, 0.15) is 12.4 Å². The van der Waals surface area contributed by atoms with Gasteiger partial charge in [0, 0.05) is 30.4 Å². The number of aryl methyl sites for hydroxylation is 1. The summed E-state index contributed by atoms with van der Waals surface area (Å²) in [5.41, 5.74) is 2.74.